The van der Waals surface area contributed by atoms with Crippen molar-refractivity contribution in [3.63, 3.8) is 0 Å². The van der Waals surface area contributed by atoms with Gasteiger partial charge in [-0.2, -0.15) is 0 Å². The van der Waals surface area contributed by atoms with Crippen LogP contribution in [0.25, 0.3) is 0 Å². The quantitative estimate of drug-likeness (QED) is 0.623. The molecule has 2 rings (SSSR count). The Morgan fingerprint density at radius 3 is 2.53 bits per heavy atom. The van der Waals surface area contributed by atoms with Crippen LogP contribution in [0.1, 0.15) is 6.92 Å². The van der Waals surface area contributed by atoms with Gasteiger partial charge in [0.05, 0.1) is 31.9 Å². The molecule has 2 heterocycles. The van der Waals surface area contributed by atoms with Crippen LogP contribution in [0.4, 0.5) is 4.79 Å². The normalized spacial score (nSPS) is 31.5. The Morgan fingerprint density at radius 2 is 2.00 bits per heavy atom. The average molecular weight is 214 g/mol. The fourth-order valence-electron chi connectivity index (χ4n) is 2.18. The lowest BCUT2D eigenvalue weighted by atomic mass is 10.1. The first-order valence-corrected chi connectivity index (χ1v) is 5.43. The summed E-state index contributed by atoms with van der Waals surface area (Å²) in [5.41, 5.74) is 0. The number of rotatable bonds is 1. The van der Waals surface area contributed by atoms with Gasteiger partial charge in [-0.1, -0.05) is 0 Å². The van der Waals surface area contributed by atoms with E-state index in [1.165, 1.54) is 0 Å². The Morgan fingerprint density at radius 1 is 1.40 bits per heavy atom. The highest BCUT2D eigenvalue weighted by Gasteiger charge is 2.37. The molecule has 2 bridgehead atoms. The lowest BCUT2D eigenvalue weighted by Gasteiger charge is -2.47. The van der Waals surface area contributed by atoms with E-state index in [-0.39, 0.29) is 6.09 Å². The third-order valence-corrected chi connectivity index (χ3v) is 3.16. The minimum atomic E-state index is -0.192. The van der Waals surface area contributed by atoms with Crippen LogP contribution in [0.2, 0.25) is 0 Å². The maximum absolute atomic E-state index is 11.6. The Kier molecular flexibility index (Phi) is 3.11. The molecule has 2 atom stereocenters. The van der Waals surface area contributed by atoms with Gasteiger partial charge in [0.15, 0.2) is 0 Å². The van der Waals surface area contributed by atoms with E-state index in [2.05, 4.69) is 11.9 Å². The number of likely N-dealkylation sites (N-methyl/N-ethyl adjacent to an activating group) is 1. The third-order valence-electron chi connectivity index (χ3n) is 3.16. The van der Waals surface area contributed by atoms with Crippen LogP contribution in [0.15, 0.2) is 0 Å². The molecule has 0 N–H and O–H groups in total. The molecule has 2 aliphatic heterocycles. The SMILES string of the molecule is CCOC(=O)N1CC2COCC(C1)N2C. The van der Waals surface area contributed by atoms with Gasteiger partial charge < -0.3 is 14.4 Å². The van der Waals surface area contributed by atoms with Gasteiger partial charge in [0, 0.05) is 13.1 Å². The van der Waals surface area contributed by atoms with Gasteiger partial charge in [0.25, 0.3) is 0 Å². The smallest absolute Gasteiger partial charge is 0.409 e. The molecule has 0 radical (unpaired) electrons. The monoisotopic (exact) mass is 214 g/mol. The number of fused-ring (bicyclic) bond motifs is 2. The van der Waals surface area contributed by atoms with Gasteiger partial charge in [-0.3, -0.25) is 4.90 Å². The number of carbonyl (C=O) groups is 1. The van der Waals surface area contributed by atoms with Crippen LogP contribution in [-0.2, 0) is 9.47 Å². The second-order valence-corrected chi connectivity index (χ2v) is 4.11. The standard InChI is InChI=1S/C10H18N2O3/c1-3-15-10(13)12-4-8-6-14-7-9(5-12)11(8)2/h8-9H,3-7H2,1-2H3. The number of hydrogen-bond acceptors (Lipinski definition) is 4. The molecule has 5 nitrogen and oxygen atoms in total. The van der Waals surface area contributed by atoms with Crippen LogP contribution >= 0.6 is 0 Å². The number of amides is 1. The average Bonchev–Trinajstić information content (AvgIpc) is 2.17. The van der Waals surface area contributed by atoms with Crippen molar-refractivity contribution in [1.82, 2.24) is 9.80 Å². The van der Waals surface area contributed by atoms with Crippen LogP contribution in [0.5, 0.6) is 0 Å². The predicted molar refractivity (Wildman–Crippen MR) is 54.8 cm³/mol. The first-order valence-electron chi connectivity index (χ1n) is 5.43. The van der Waals surface area contributed by atoms with Crippen molar-refractivity contribution in [2.75, 3.05) is 40.0 Å². The topological polar surface area (TPSA) is 42.0 Å². The number of hydrogen-bond donors (Lipinski definition) is 0. The first kappa shape index (κ1) is 10.7. The van der Waals surface area contributed by atoms with Crippen molar-refractivity contribution >= 4 is 6.09 Å². The maximum Gasteiger partial charge on any atom is 0.409 e. The van der Waals surface area contributed by atoms with Crippen LogP contribution in [0, 0.1) is 0 Å². The molecular weight excluding hydrogens is 196 g/mol. The van der Waals surface area contributed by atoms with Crippen LogP contribution in [0.3, 0.4) is 0 Å². The summed E-state index contributed by atoms with van der Waals surface area (Å²) in [5.74, 6) is 0. The zero-order valence-electron chi connectivity index (χ0n) is 9.31. The van der Waals surface area contributed by atoms with Gasteiger partial charge in [-0.25, -0.2) is 4.79 Å². The number of piperazine rings is 1. The van der Waals surface area contributed by atoms with Gasteiger partial charge in [-0.15, -0.1) is 0 Å². The Bertz CT molecular complexity index is 233. The van der Waals surface area contributed by atoms with Gasteiger partial charge in [-0.05, 0) is 14.0 Å². The van der Waals surface area contributed by atoms with E-state index in [4.69, 9.17) is 9.47 Å². The number of ether oxygens (including phenoxy) is 2. The molecule has 1 amide bonds. The maximum atomic E-state index is 11.6. The largest absolute Gasteiger partial charge is 0.450 e. The minimum absolute atomic E-state index is 0.192. The highest BCUT2D eigenvalue weighted by Crippen LogP contribution is 2.19. The highest BCUT2D eigenvalue weighted by atomic mass is 16.6. The molecule has 0 aromatic heterocycles. The summed E-state index contributed by atoms with van der Waals surface area (Å²) in [4.78, 5) is 15.7. The zero-order chi connectivity index (χ0) is 10.8. The fourth-order valence-corrected chi connectivity index (χ4v) is 2.18. The van der Waals surface area contributed by atoms with Crippen molar-refractivity contribution in [1.29, 1.82) is 0 Å². The highest BCUT2D eigenvalue weighted by molar-refractivity contribution is 5.67. The van der Waals surface area contributed by atoms with Crippen molar-refractivity contribution < 1.29 is 14.3 Å². The molecule has 15 heavy (non-hydrogen) atoms. The Hall–Kier alpha value is -0.810. The van der Waals surface area contributed by atoms with Crippen molar-refractivity contribution in [3.05, 3.63) is 0 Å². The molecule has 2 saturated heterocycles. The minimum Gasteiger partial charge on any atom is -0.450 e. The molecule has 0 aromatic rings. The van der Waals surface area contributed by atoms with E-state index in [0.29, 0.717) is 45.0 Å². The first-order chi connectivity index (χ1) is 7.22. The molecule has 2 unspecified atom stereocenters. The molecular formula is C10H18N2O3. The van der Waals surface area contributed by atoms with Crippen molar-refractivity contribution in [2.24, 2.45) is 0 Å². The summed E-state index contributed by atoms with van der Waals surface area (Å²) in [6, 6.07) is 0.642. The number of nitrogens with zero attached hydrogens (tertiary/aromatic N) is 2. The lowest BCUT2D eigenvalue weighted by molar-refractivity contribution is -0.0809. The van der Waals surface area contributed by atoms with Crippen LogP contribution in [-0.4, -0.2) is 67.9 Å². The number of morpholine rings is 1. The lowest BCUT2D eigenvalue weighted by Crippen LogP contribution is -2.64. The van der Waals surface area contributed by atoms with E-state index in [1.54, 1.807) is 4.90 Å². The van der Waals surface area contributed by atoms with Crippen molar-refractivity contribution in [3.8, 4) is 0 Å². The summed E-state index contributed by atoms with van der Waals surface area (Å²) in [5, 5.41) is 0. The second-order valence-electron chi connectivity index (χ2n) is 4.11. The molecule has 0 saturated carbocycles. The van der Waals surface area contributed by atoms with Gasteiger partial charge in [0.1, 0.15) is 0 Å². The number of carbonyl (C=O) groups excluding carboxylic acids is 1. The summed E-state index contributed by atoms with van der Waals surface area (Å²) >= 11 is 0. The van der Waals surface area contributed by atoms with Gasteiger partial charge in [0.2, 0.25) is 0 Å². The molecule has 2 aliphatic rings. The van der Waals surface area contributed by atoms with Gasteiger partial charge >= 0.3 is 6.09 Å². The van der Waals surface area contributed by atoms with Crippen LogP contribution < -0.4 is 0 Å². The molecule has 5 heteroatoms. The summed E-state index contributed by atoms with van der Waals surface area (Å²) < 4.78 is 10.5. The van der Waals surface area contributed by atoms with E-state index in [1.807, 2.05) is 6.92 Å². The molecule has 0 aliphatic carbocycles. The zero-order valence-corrected chi connectivity index (χ0v) is 9.31. The second kappa shape index (κ2) is 4.37. The molecule has 86 valence electrons. The van der Waals surface area contributed by atoms with E-state index in [0.717, 1.165) is 0 Å². The Balaban J connectivity index is 1.98. The summed E-state index contributed by atoms with van der Waals surface area (Å²) in [7, 11) is 2.10. The molecule has 0 spiro atoms. The van der Waals surface area contributed by atoms with E-state index < -0.39 is 0 Å². The van der Waals surface area contributed by atoms with E-state index in [9.17, 15) is 4.79 Å². The molecule has 2 fully saturated rings. The Labute approximate surface area is 89.9 Å². The summed E-state index contributed by atoms with van der Waals surface area (Å²) in [6.45, 7) is 5.12. The third kappa shape index (κ3) is 2.08. The van der Waals surface area contributed by atoms with E-state index >= 15 is 0 Å². The van der Waals surface area contributed by atoms with Crippen molar-refractivity contribution in [2.45, 2.75) is 19.0 Å². The fraction of sp³-hybridized carbons (Fsp3) is 0.900. The predicted octanol–water partition coefficient (Wildman–Crippen LogP) is 0.158. The molecule has 0 aromatic carbocycles. The summed E-state index contributed by atoms with van der Waals surface area (Å²) in [6.07, 6.45) is -0.192.